The molecule has 3 heterocycles. The molecule has 6 rings (SSSR count). The zero-order chi connectivity index (χ0) is 31.6. The van der Waals surface area contributed by atoms with E-state index in [1.165, 1.54) is 16.4 Å². The van der Waals surface area contributed by atoms with Crippen molar-refractivity contribution < 1.29 is 27.1 Å². The van der Waals surface area contributed by atoms with E-state index in [1.807, 2.05) is 30.3 Å². The van der Waals surface area contributed by atoms with Crippen LogP contribution in [-0.4, -0.2) is 54.4 Å². The molecule has 0 amide bonds. The smallest absolute Gasteiger partial charge is 0.243 e. The first-order valence-electron chi connectivity index (χ1n) is 14.4. The molecule has 0 bridgehead atoms. The number of aromatic nitrogens is 2. The highest BCUT2D eigenvalue weighted by Gasteiger charge is 2.39. The maximum Gasteiger partial charge on any atom is 0.243 e. The minimum atomic E-state index is -3.95. The number of hydrogen-bond donors (Lipinski definition) is 1. The molecular weight excluding hydrogens is 642 g/mol. The first-order valence-corrected chi connectivity index (χ1v) is 16.6. The molecule has 1 atom stereocenters. The van der Waals surface area contributed by atoms with Gasteiger partial charge in [0.15, 0.2) is 17.3 Å². The average molecular weight is 672 g/mol. The van der Waals surface area contributed by atoms with Crippen LogP contribution in [0.25, 0.3) is 11.3 Å². The van der Waals surface area contributed by atoms with E-state index >= 15 is 0 Å². The Bertz CT molecular complexity index is 1840. The van der Waals surface area contributed by atoms with Gasteiger partial charge in [-0.2, -0.15) is 4.31 Å². The largest absolute Gasteiger partial charge is 0.454 e. The minimum Gasteiger partial charge on any atom is -0.454 e. The molecule has 0 aliphatic carbocycles. The lowest BCUT2D eigenvalue weighted by Gasteiger charge is -2.23. The van der Waals surface area contributed by atoms with Gasteiger partial charge in [0.25, 0.3) is 0 Å². The van der Waals surface area contributed by atoms with Gasteiger partial charge in [0, 0.05) is 40.8 Å². The Balaban J connectivity index is 1.20. The zero-order valence-electron chi connectivity index (χ0n) is 24.0. The number of hydrogen-bond acceptors (Lipinski definition) is 8. The van der Waals surface area contributed by atoms with Crippen molar-refractivity contribution in [3.63, 3.8) is 0 Å². The lowest BCUT2D eigenvalue weighted by molar-refractivity contribution is -0.122. The van der Waals surface area contributed by atoms with Gasteiger partial charge >= 0.3 is 0 Å². The molecule has 1 N–H and O–H groups in total. The van der Waals surface area contributed by atoms with E-state index in [4.69, 9.17) is 37.7 Å². The molecule has 0 radical (unpaired) electrons. The zero-order valence-corrected chi connectivity index (χ0v) is 26.3. The number of rotatable bonds is 11. The van der Waals surface area contributed by atoms with Crippen molar-refractivity contribution >= 4 is 45.0 Å². The van der Waals surface area contributed by atoms with Crippen LogP contribution in [0, 0.1) is 5.82 Å². The fraction of sp³-hybridized carbons (Fsp3) is 0.281. The predicted octanol–water partition coefficient (Wildman–Crippen LogP) is 6.33. The predicted molar refractivity (Wildman–Crippen MR) is 169 cm³/mol. The summed E-state index contributed by atoms with van der Waals surface area (Å²) in [5.41, 5.74) is 2.94. The third-order valence-corrected chi connectivity index (χ3v) is 10.3. The van der Waals surface area contributed by atoms with E-state index in [0.29, 0.717) is 64.7 Å². The summed E-state index contributed by atoms with van der Waals surface area (Å²) in [6.45, 7) is 0.858. The van der Waals surface area contributed by atoms with Crippen LogP contribution in [0.3, 0.4) is 0 Å². The molecule has 234 valence electrons. The van der Waals surface area contributed by atoms with Gasteiger partial charge in [-0.15, -0.1) is 0 Å². The normalized spacial score (nSPS) is 16.2. The highest BCUT2D eigenvalue weighted by Crippen LogP contribution is 2.36. The van der Waals surface area contributed by atoms with E-state index in [-0.39, 0.29) is 36.9 Å². The van der Waals surface area contributed by atoms with Gasteiger partial charge in [0.1, 0.15) is 5.82 Å². The number of nitrogens with one attached hydrogen (secondary N) is 1. The van der Waals surface area contributed by atoms with Gasteiger partial charge in [-0.1, -0.05) is 29.3 Å². The summed E-state index contributed by atoms with van der Waals surface area (Å²) in [6, 6.07) is 16.5. The number of sulfonamides is 1. The molecule has 0 saturated carbocycles. The van der Waals surface area contributed by atoms with Crippen molar-refractivity contribution in [3.8, 4) is 22.8 Å². The van der Waals surface area contributed by atoms with Crippen molar-refractivity contribution in [1.82, 2.24) is 14.3 Å². The Morgan fingerprint density at radius 3 is 2.58 bits per heavy atom. The van der Waals surface area contributed by atoms with Gasteiger partial charge in [0.05, 0.1) is 16.6 Å². The fourth-order valence-electron chi connectivity index (χ4n) is 5.45. The molecule has 2 aliphatic rings. The number of ether oxygens (including phenoxy) is 2. The Hall–Kier alpha value is -3.77. The minimum absolute atomic E-state index is 0.0385. The number of nitrogens with zero attached hydrogens (tertiary/aromatic N) is 3. The Morgan fingerprint density at radius 1 is 0.978 bits per heavy atom. The fourth-order valence-corrected chi connectivity index (χ4v) is 7.63. The van der Waals surface area contributed by atoms with E-state index in [0.717, 1.165) is 23.3 Å². The maximum absolute atomic E-state index is 13.4. The molecule has 3 aromatic carbocycles. The van der Waals surface area contributed by atoms with Gasteiger partial charge < -0.3 is 14.8 Å². The first-order chi connectivity index (χ1) is 21.7. The lowest BCUT2D eigenvalue weighted by Crippen LogP contribution is -2.40. The Labute approximate surface area is 270 Å². The summed E-state index contributed by atoms with van der Waals surface area (Å²) in [4.78, 5) is 22.8. The number of ketones is 1. The lowest BCUT2D eigenvalue weighted by atomic mass is 10.0. The standard InChI is InChI=1S/C32H29Cl2FN4O5S/c33-22-5-3-20(26(34)17-22)13-14-36-32-37-24(18-27(38-32)21-4-12-30-31(16-21)44-19-43-30)8-11-29(40)28-2-1-15-39(28)45(41,42)25-9-6-23(35)7-10-25/h3-7,9-10,12,16-18,28H,1-2,8,11,13-15,19H2,(H,36,37,38)/t28-/m0/s1. The molecular formula is C32H29Cl2FN4O5S. The second-order valence-corrected chi connectivity index (χ2v) is 13.5. The van der Waals surface area contributed by atoms with Crippen molar-refractivity contribution in [2.24, 2.45) is 0 Å². The van der Waals surface area contributed by atoms with Crippen LogP contribution in [0.15, 0.2) is 71.6 Å². The summed E-state index contributed by atoms with van der Waals surface area (Å²) in [6.07, 6.45) is 1.94. The summed E-state index contributed by atoms with van der Waals surface area (Å²) >= 11 is 12.4. The van der Waals surface area contributed by atoms with Crippen LogP contribution in [0.1, 0.15) is 30.5 Å². The number of anilines is 1. The molecule has 0 spiro atoms. The quantitative estimate of drug-likeness (QED) is 0.197. The second-order valence-electron chi connectivity index (χ2n) is 10.7. The number of benzene rings is 3. The highest BCUT2D eigenvalue weighted by molar-refractivity contribution is 7.89. The van der Waals surface area contributed by atoms with E-state index < -0.39 is 21.9 Å². The van der Waals surface area contributed by atoms with E-state index in [1.54, 1.807) is 12.1 Å². The average Bonchev–Trinajstić information content (AvgIpc) is 3.71. The van der Waals surface area contributed by atoms with Crippen LogP contribution >= 0.6 is 23.2 Å². The molecule has 1 fully saturated rings. The second kappa shape index (κ2) is 13.3. The topological polar surface area (TPSA) is 111 Å². The summed E-state index contributed by atoms with van der Waals surface area (Å²) < 4.78 is 52.2. The highest BCUT2D eigenvalue weighted by atomic mass is 35.5. The molecule has 13 heteroatoms. The molecule has 1 saturated heterocycles. The Morgan fingerprint density at radius 2 is 1.78 bits per heavy atom. The number of aryl methyl sites for hydroxylation is 1. The first kappa shape index (κ1) is 31.2. The van der Waals surface area contributed by atoms with Gasteiger partial charge in [-0.25, -0.2) is 22.8 Å². The summed E-state index contributed by atoms with van der Waals surface area (Å²) in [5.74, 6) is 0.898. The molecule has 4 aromatic rings. The molecule has 9 nitrogen and oxygen atoms in total. The van der Waals surface area contributed by atoms with E-state index in [2.05, 4.69) is 10.3 Å². The third-order valence-electron chi connectivity index (χ3n) is 7.76. The monoisotopic (exact) mass is 670 g/mol. The van der Waals surface area contributed by atoms with Crippen molar-refractivity contribution in [2.75, 3.05) is 25.2 Å². The summed E-state index contributed by atoms with van der Waals surface area (Å²) in [5, 5.41) is 4.39. The number of carbonyl (C=O) groups excluding carboxylic acids is 1. The van der Waals surface area contributed by atoms with Crippen LogP contribution in [0.2, 0.25) is 10.0 Å². The number of Topliss-reactive ketones (excluding diaryl/α,β-unsaturated/α-hetero) is 1. The number of carbonyl (C=O) groups is 1. The number of fused-ring (bicyclic) bond motifs is 1. The SMILES string of the molecule is O=C(CCc1cc(-c2ccc3c(c2)OCO3)nc(NCCc2ccc(Cl)cc2Cl)n1)[C@@H]1CCCN1S(=O)(=O)c1ccc(F)cc1. The summed E-state index contributed by atoms with van der Waals surface area (Å²) in [7, 11) is -3.95. The van der Waals surface area contributed by atoms with Crippen LogP contribution < -0.4 is 14.8 Å². The van der Waals surface area contributed by atoms with Crippen LogP contribution in [0.4, 0.5) is 10.3 Å². The van der Waals surface area contributed by atoms with Crippen LogP contribution in [0.5, 0.6) is 11.5 Å². The van der Waals surface area contributed by atoms with Crippen LogP contribution in [-0.2, 0) is 27.7 Å². The molecule has 1 aromatic heterocycles. The number of halogens is 3. The van der Waals surface area contributed by atoms with Crippen molar-refractivity contribution in [3.05, 3.63) is 93.8 Å². The molecule has 45 heavy (non-hydrogen) atoms. The van der Waals surface area contributed by atoms with Gasteiger partial charge in [-0.3, -0.25) is 4.79 Å². The van der Waals surface area contributed by atoms with Gasteiger partial charge in [0.2, 0.25) is 22.8 Å². The van der Waals surface area contributed by atoms with E-state index in [9.17, 15) is 17.6 Å². The maximum atomic E-state index is 13.4. The van der Waals surface area contributed by atoms with Gasteiger partial charge in [-0.05, 0) is 91.9 Å². The third kappa shape index (κ3) is 7.06. The van der Waals surface area contributed by atoms with Crippen molar-refractivity contribution in [2.45, 2.75) is 43.0 Å². The Kier molecular flexibility index (Phi) is 9.23. The molecule has 0 unspecified atom stereocenters. The van der Waals surface area contributed by atoms with Crippen molar-refractivity contribution in [1.29, 1.82) is 0 Å². The molecule has 2 aliphatic heterocycles.